The standard InChI is InChI=1S/C12H15F2N/c1-2-8-5-6-15-12(8)10-4-3-9(13)7-11(10)14/h3-4,7-8,12,15H,2,5-6H2,1H3/t8-,12-/m0/s1. The van der Waals surface area contributed by atoms with Crippen LogP contribution in [0.5, 0.6) is 0 Å². The molecule has 0 spiro atoms. The first-order chi connectivity index (χ1) is 7.22. The maximum atomic E-state index is 13.5. The van der Waals surface area contributed by atoms with Gasteiger partial charge in [-0.1, -0.05) is 19.4 Å². The summed E-state index contributed by atoms with van der Waals surface area (Å²) in [4.78, 5) is 0. The zero-order chi connectivity index (χ0) is 10.8. The van der Waals surface area contributed by atoms with E-state index in [0.29, 0.717) is 11.5 Å². The lowest BCUT2D eigenvalue weighted by atomic mass is 9.92. The van der Waals surface area contributed by atoms with Crippen molar-refractivity contribution in [3.8, 4) is 0 Å². The predicted octanol–water partition coefficient (Wildman–Crippen LogP) is 3.03. The first-order valence-corrected chi connectivity index (χ1v) is 5.40. The van der Waals surface area contributed by atoms with Gasteiger partial charge in [0.2, 0.25) is 0 Å². The average Bonchev–Trinajstić information content (AvgIpc) is 2.65. The molecule has 0 saturated carbocycles. The maximum Gasteiger partial charge on any atom is 0.130 e. The van der Waals surface area contributed by atoms with Gasteiger partial charge in [-0.15, -0.1) is 0 Å². The Morgan fingerprint density at radius 2 is 2.20 bits per heavy atom. The third-order valence-corrected chi connectivity index (χ3v) is 3.17. The van der Waals surface area contributed by atoms with E-state index in [0.717, 1.165) is 25.5 Å². The molecule has 1 fully saturated rings. The summed E-state index contributed by atoms with van der Waals surface area (Å²) in [7, 11) is 0. The lowest BCUT2D eigenvalue weighted by molar-refractivity contribution is 0.430. The molecular formula is C12H15F2N. The minimum absolute atomic E-state index is 0.0515. The van der Waals surface area contributed by atoms with Crippen LogP contribution in [0.4, 0.5) is 8.78 Å². The maximum absolute atomic E-state index is 13.5. The first-order valence-electron chi connectivity index (χ1n) is 5.40. The molecule has 1 aliphatic heterocycles. The van der Waals surface area contributed by atoms with Crippen LogP contribution in [-0.4, -0.2) is 6.54 Å². The highest BCUT2D eigenvalue weighted by atomic mass is 19.1. The van der Waals surface area contributed by atoms with Crippen LogP contribution >= 0.6 is 0 Å². The minimum atomic E-state index is -0.512. The molecule has 0 aromatic heterocycles. The van der Waals surface area contributed by atoms with Crippen molar-refractivity contribution in [1.82, 2.24) is 5.32 Å². The summed E-state index contributed by atoms with van der Waals surface area (Å²) < 4.78 is 26.3. The molecule has 82 valence electrons. The van der Waals surface area contributed by atoms with E-state index in [1.807, 2.05) is 0 Å². The highest BCUT2D eigenvalue weighted by Crippen LogP contribution is 2.33. The Kier molecular flexibility index (Phi) is 3.00. The second kappa shape index (κ2) is 4.27. The number of nitrogens with one attached hydrogen (secondary N) is 1. The van der Waals surface area contributed by atoms with Gasteiger partial charge in [-0.05, 0) is 24.9 Å². The lowest BCUT2D eigenvalue weighted by Gasteiger charge is -2.19. The third kappa shape index (κ3) is 2.02. The number of hydrogen-bond acceptors (Lipinski definition) is 1. The van der Waals surface area contributed by atoms with Crippen LogP contribution in [0.3, 0.4) is 0 Å². The normalized spacial score (nSPS) is 25.8. The van der Waals surface area contributed by atoms with Crippen molar-refractivity contribution in [3.63, 3.8) is 0 Å². The lowest BCUT2D eigenvalue weighted by Crippen LogP contribution is -2.19. The summed E-state index contributed by atoms with van der Waals surface area (Å²) in [6, 6.07) is 3.89. The fraction of sp³-hybridized carbons (Fsp3) is 0.500. The van der Waals surface area contributed by atoms with Crippen molar-refractivity contribution in [2.45, 2.75) is 25.8 Å². The van der Waals surface area contributed by atoms with E-state index in [1.54, 1.807) is 6.07 Å². The number of rotatable bonds is 2. The van der Waals surface area contributed by atoms with Crippen LogP contribution in [0.2, 0.25) is 0 Å². The average molecular weight is 211 g/mol. The largest absolute Gasteiger partial charge is 0.310 e. The molecule has 15 heavy (non-hydrogen) atoms. The third-order valence-electron chi connectivity index (χ3n) is 3.17. The van der Waals surface area contributed by atoms with Gasteiger partial charge in [0.25, 0.3) is 0 Å². The first kappa shape index (κ1) is 10.6. The summed E-state index contributed by atoms with van der Waals surface area (Å²) in [5.41, 5.74) is 0.598. The van der Waals surface area contributed by atoms with Gasteiger partial charge in [-0.25, -0.2) is 8.78 Å². The van der Waals surface area contributed by atoms with Crippen molar-refractivity contribution in [1.29, 1.82) is 0 Å². The molecular weight excluding hydrogens is 196 g/mol. The van der Waals surface area contributed by atoms with Crippen LogP contribution in [0, 0.1) is 17.6 Å². The molecule has 1 aromatic rings. The Hall–Kier alpha value is -0.960. The van der Waals surface area contributed by atoms with E-state index < -0.39 is 11.6 Å². The number of benzene rings is 1. The van der Waals surface area contributed by atoms with Gasteiger partial charge in [-0.3, -0.25) is 0 Å². The highest BCUT2D eigenvalue weighted by molar-refractivity contribution is 5.23. The van der Waals surface area contributed by atoms with Gasteiger partial charge in [0, 0.05) is 17.7 Å². The van der Waals surface area contributed by atoms with Gasteiger partial charge >= 0.3 is 0 Å². The quantitative estimate of drug-likeness (QED) is 0.792. The topological polar surface area (TPSA) is 12.0 Å². The summed E-state index contributed by atoms with van der Waals surface area (Å²) in [6.45, 7) is 3.02. The molecule has 2 rings (SSSR count). The zero-order valence-corrected chi connectivity index (χ0v) is 8.76. The summed E-state index contributed by atoms with van der Waals surface area (Å²) >= 11 is 0. The van der Waals surface area contributed by atoms with Crippen molar-refractivity contribution in [3.05, 3.63) is 35.4 Å². The molecule has 2 atom stereocenters. The van der Waals surface area contributed by atoms with Crippen LogP contribution in [0.15, 0.2) is 18.2 Å². The molecule has 1 aliphatic rings. The summed E-state index contributed by atoms with van der Waals surface area (Å²) in [5.74, 6) is -0.486. The zero-order valence-electron chi connectivity index (χ0n) is 8.76. The molecule has 1 saturated heterocycles. The van der Waals surface area contributed by atoms with Gasteiger partial charge < -0.3 is 5.32 Å². The number of halogens is 2. The van der Waals surface area contributed by atoms with E-state index in [-0.39, 0.29) is 6.04 Å². The van der Waals surface area contributed by atoms with Crippen molar-refractivity contribution >= 4 is 0 Å². The monoisotopic (exact) mass is 211 g/mol. The molecule has 0 radical (unpaired) electrons. The molecule has 3 heteroatoms. The van der Waals surface area contributed by atoms with Crippen LogP contribution < -0.4 is 5.32 Å². The van der Waals surface area contributed by atoms with Crippen LogP contribution in [-0.2, 0) is 0 Å². The summed E-state index contributed by atoms with van der Waals surface area (Å²) in [6.07, 6.45) is 2.09. The SMILES string of the molecule is CC[C@H]1CCN[C@@H]1c1ccc(F)cc1F. The molecule has 1 N–H and O–H groups in total. The molecule has 1 heterocycles. The van der Waals surface area contributed by atoms with Crippen molar-refractivity contribution in [2.24, 2.45) is 5.92 Å². The van der Waals surface area contributed by atoms with E-state index in [9.17, 15) is 8.78 Å². The molecule has 0 aliphatic carbocycles. The molecule has 0 bridgehead atoms. The van der Waals surface area contributed by atoms with E-state index in [2.05, 4.69) is 12.2 Å². The summed E-state index contributed by atoms with van der Waals surface area (Å²) in [5, 5.41) is 3.27. The van der Waals surface area contributed by atoms with Gasteiger partial charge in [0.1, 0.15) is 11.6 Å². The van der Waals surface area contributed by atoms with E-state index in [1.165, 1.54) is 6.07 Å². The Balaban J connectivity index is 2.28. The fourth-order valence-corrected chi connectivity index (χ4v) is 2.32. The van der Waals surface area contributed by atoms with Crippen LogP contribution in [0.25, 0.3) is 0 Å². The van der Waals surface area contributed by atoms with Gasteiger partial charge in [0.05, 0.1) is 0 Å². The smallest absolute Gasteiger partial charge is 0.130 e. The fourth-order valence-electron chi connectivity index (χ4n) is 2.32. The molecule has 1 aromatic carbocycles. The predicted molar refractivity (Wildman–Crippen MR) is 55.5 cm³/mol. The van der Waals surface area contributed by atoms with E-state index in [4.69, 9.17) is 0 Å². The molecule has 0 unspecified atom stereocenters. The highest BCUT2D eigenvalue weighted by Gasteiger charge is 2.28. The van der Waals surface area contributed by atoms with E-state index >= 15 is 0 Å². The second-order valence-electron chi connectivity index (χ2n) is 4.05. The Labute approximate surface area is 88.5 Å². The van der Waals surface area contributed by atoms with Gasteiger partial charge in [-0.2, -0.15) is 0 Å². The van der Waals surface area contributed by atoms with Crippen molar-refractivity contribution in [2.75, 3.05) is 6.54 Å². The van der Waals surface area contributed by atoms with Gasteiger partial charge in [0.15, 0.2) is 0 Å². The Bertz CT molecular complexity index is 351. The van der Waals surface area contributed by atoms with Crippen LogP contribution in [0.1, 0.15) is 31.4 Å². The minimum Gasteiger partial charge on any atom is -0.310 e. The number of hydrogen-bond donors (Lipinski definition) is 1. The van der Waals surface area contributed by atoms with Crippen molar-refractivity contribution < 1.29 is 8.78 Å². The molecule has 1 nitrogen and oxygen atoms in total. The molecule has 0 amide bonds. The Morgan fingerprint density at radius 3 is 2.87 bits per heavy atom. The Morgan fingerprint density at radius 1 is 1.40 bits per heavy atom. The second-order valence-corrected chi connectivity index (χ2v) is 4.05.